The Morgan fingerprint density at radius 1 is 1.14 bits per heavy atom. The number of fused-ring (bicyclic) bond motifs is 1. The van der Waals surface area contributed by atoms with Crippen LogP contribution in [0.4, 0.5) is 11.6 Å². The summed E-state index contributed by atoms with van der Waals surface area (Å²) in [6.07, 6.45) is 19.0. The molecule has 0 radical (unpaired) electrons. The lowest BCUT2D eigenvalue weighted by molar-refractivity contribution is 0.215. The second-order valence-corrected chi connectivity index (χ2v) is 11.4. The second-order valence-electron chi connectivity index (χ2n) is 11.4. The number of pyridine rings is 2. The Bertz CT molecular complexity index is 1360. The maximum absolute atomic E-state index is 5.29. The van der Waals surface area contributed by atoms with E-state index in [0.29, 0.717) is 12.0 Å². The van der Waals surface area contributed by atoms with Crippen LogP contribution >= 0.6 is 0 Å². The van der Waals surface area contributed by atoms with E-state index in [1.165, 1.54) is 35.9 Å². The Balaban J connectivity index is 1.45. The highest BCUT2D eigenvalue weighted by molar-refractivity contribution is 5.94. The summed E-state index contributed by atoms with van der Waals surface area (Å²) in [4.78, 5) is 22.0. The molecule has 1 atom stereocenters. The molecular weight excluding hydrogens is 458 g/mol. The van der Waals surface area contributed by atoms with Gasteiger partial charge in [-0.25, -0.2) is 15.0 Å². The summed E-state index contributed by atoms with van der Waals surface area (Å²) in [6, 6.07) is 4.44. The Hall–Kier alpha value is -3.32. The fourth-order valence-corrected chi connectivity index (χ4v) is 6.03. The topological polar surface area (TPSA) is 78.9 Å². The molecule has 192 valence electrons. The van der Waals surface area contributed by atoms with Crippen molar-refractivity contribution in [1.29, 1.82) is 0 Å². The minimum atomic E-state index is 0.129. The van der Waals surface area contributed by atoms with Crippen LogP contribution in [0.1, 0.15) is 63.9 Å². The smallest absolute Gasteiger partial charge is 0.162 e. The zero-order valence-electron chi connectivity index (χ0n) is 22.2. The van der Waals surface area contributed by atoms with Crippen molar-refractivity contribution in [2.75, 3.05) is 30.4 Å². The van der Waals surface area contributed by atoms with Crippen molar-refractivity contribution in [3.63, 3.8) is 0 Å². The molecule has 0 bridgehead atoms. The Morgan fingerprint density at radius 3 is 2.78 bits per heavy atom. The molecular formula is C30H37N7. The summed E-state index contributed by atoms with van der Waals surface area (Å²) in [5.41, 5.74) is 4.49. The molecule has 37 heavy (non-hydrogen) atoms. The largest absolute Gasteiger partial charge is 0.355 e. The molecule has 0 amide bonds. The van der Waals surface area contributed by atoms with Crippen molar-refractivity contribution < 1.29 is 0 Å². The maximum atomic E-state index is 5.29. The lowest BCUT2D eigenvalue weighted by Crippen LogP contribution is -2.53. The van der Waals surface area contributed by atoms with Gasteiger partial charge < -0.3 is 15.5 Å². The summed E-state index contributed by atoms with van der Waals surface area (Å²) < 4.78 is 0. The van der Waals surface area contributed by atoms with Gasteiger partial charge in [0.15, 0.2) is 5.82 Å². The van der Waals surface area contributed by atoms with Crippen LogP contribution in [0.25, 0.3) is 22.3 Å². The van der Waals surface area contributed by atoms with Crippen molar-refractivity contribution in [3.8, 4) is 11.4 Å². The van der Waals surface area contributed by atoms with Gasteiger partial charge in [0.2, 0.25) is 0 Å². The van der Waals surface area contributed by atoms with Gasteiger partial charge >= 0.3 is 0 Å². The molecule has 1 saturated heterocycles. The summed E-state index contributed by atoms with van der Waals surface area (Å²) >= 11 is 0. The Labute approximate surface area is 219 Å². The second kappa shape index (κ2) is 9.86. The molecule has 1 saturated carbocycles. The van der Waals surface area contributed by atoms with Gasteiger partial charge in [-0.2, -0.15) is 0 Å². The summed E-state index contributed by atoms with van der Waals surface area (Å²) in [6.45, 7) is 6.74. The zero-order valence-corrected chi connectivity index (χ0v) is 22.2. The van der Waals surface area contributed by atoms with Crippen molar-refractivity contribution in [2.24, 2.45) is 5.41 Å². The number of aromatic nitrogens is 4. The standard InChI is InChI=1S/C30H37N7/c1-30(2)19-31-14-13-25(30)37(3)29-27-23(20-8-7-9-20)17-32-18-24(27)35-28(36-29)21-12-15-33-26(16-21)34-22-10-5-4-6-11-22/h4-5,10,12,15-18,20,25,31H,6-9,11,13-14,19H2,1-3H3,(H,33,34). The van der Waals surface area contributed by atoms with Gasteiger partial charge in [0, 0.05) is 48.7 Å². The van der Waals surface area contributed by atoms with Crippen LogP contribution in [0.5, 0.6) is 0 Å². The van der Waals surface area contributed by atoms with E-state index >= 15 is 0 Å². The van der Waals surface area contributed by atoms with Crippen molar-refractivity contribution >= 4 is 22.5 Å². The molecule has 1 aliphatic heterocycles. The zero-order chi connectivity index (χ0) is 25.4. The van der Waals surface area contributed by atoms with Crippen molar-refractivity contribution in [3.05, 3.63) is 60.2 Å². The molecule has 3 aromatic heterocycles. The van der Waals surface area contributed by atoms with Crippen LogP contribution in [0.2, 0.25) is 0 Å². The number of nitrogens with zero attached hydrogens (tertiary/aromatic N) is 5. The number of anilines is 2. The van der Waals surface area contributed by atoms with E-state index in [2.05, 4.69) is 76.9 Å². The molecule has 1 unspecified atom stereocenters. The maximum Gasteiger partial charge on any atom is 0.162 e. The van der Waals surface area contributed by atoms with Crippen LogP contribution in [0, 0.1) is 5.41 Å². The SMILES string of the molecule is CN(c1nc(-c2ccnc(NC3=CC=CCC3)c2)nc2cncc(C3CCC3)c12)C1CCNCC1(C)C. The van der Waals surface area contributed by atoms with Gasteiger partial charge in [-0.3, -0.25) is 4.98 Å². The molecule has 7 heteroatoms. The molecule has 4 heterocycles. The third-order valence-electron chi connectivity index (χ3n) is 8.36. The van der Waals surface area contributed by atoms with E-state index < -0.39 is 0 Å². The van der Waals surface area contributed by atoms with E-state index in [4.69, 9.17) is 9.97 Å². The van der Waals surface area contributed by atoms with E-state index in [1.54, 1.807) is 0 Å². The van der Waals surface area contributed by atoms with Gasteiger partial charge in [-0.1, -0.05) is 32.4 Å². The molecule has 0 aromatic carbocycles. The number of piperidine rings is 1. The van der Waals surface area contributed by atoms with Gasteiger partial charge in [0.25, 0.3) is 0 Å². The van der Waals surface area contributed by atoms with Crippen LogP contribution in [-0.4, -0.2) is 46.1 Å². The normalized spacial score (nSPS) is 21.4. The third kappa shape index (κ3) is 4.73. The van der Waals surface area contributed by atoms with E-state index in [0.717, 1.165) is 60.9 Å². The quantitative estimate of drug-likeness (QED) is 0.446. The minimum Gasteiger partial charge on any atom is -0.355 e. The average molecular weight is 496 g/mol. The number of hydrogen-bond acceptors (Lipinski definition) is 7. The Morgan fingerprint density at radius 2 is 2.03 bits per heavy atom. The van der Waals surface area contributed by atoms with Crippen LogP contribution in [0.15, 0.2) is 54.6 Å². The molecule has 2 fully saturated rings. The number of rotatable bonds is 6. The summed E-state index contributed by atoms with van der Waals surface area (Å²) in [5.74, 6) is 3.11. The molecule has 3 aromatic rings. The van der Waals surface area contributed by atoms with E-state index in [-0.39, 0.29) is 5.41 Å². The summed E-state index contributed by atoms with van der Waals surface area (Å²) in [7, 11) is 2.22. The number of nitrogens with one attached hydrogen (secondary N) is 2. The molecule has 2 N–H and O–H groups in total. The molecule has 3 aliphatic rings. The highest BCUT2D eigenvalue weighted by Crippen LogP contribution is 2.43. The van der Waals surface area contributed by atoms with E-state index in [1.807, 2.05) is 18.5 Å². The van der Waals surface area contributed by atoms with Crippen molar-refractivity contribution in [2.45, 2.75) is 64.3 Å². The fraction of sp³-hybridized carbons (Fsp3) is 0.467. The van der Waals surface area contributed by atoms with E-state index in [9.17, 15) is 0 Å². The molecule has 2 aliphatic carbocycles. The van der Waals surface area contributed by atoms with Gasteiger partial charge in [-0.15, -0.1) is 0 Å². The lowest BCUT2D eigenvalue weighted by atomic mass is 9.78. The first-order chi connectivity index (χ1) is 18.0. The number of hydrogen-bond donors (Lipinski definition) is 2. The highest BCUT2D eigenvalue weighted by Gasteiger charge is 2.37. The molecule has 6 rings (SSSR count). The van der Waals surface area contributed by atoms with Crippen LogP contribution in [0.3, 0.4) is 0 Å². The van der Waals surface area contributed by atoms with Gasteiger partial charge in [0.1, 0.15) is 11.6 Å². The van der Waals surface area contributed by atoms with Crippen LogP contribution in [-0.2, 0) is 0 Å². The molecule has 7 nitrogen and oxygen atoms in total. The first-order valence-electron chi connectivity index (χ1n) is 13.7. The first-order valence-corrected chi connectivity index (χ1v) is 13.7. The first kappa shape index (κ1) is 24.0. The predicted molar refractivity (Wildman–Crippen MR) is 151 cm³/mol. The predicted octanol–water partition coefficient (Wildman–Crippen LogP) is 5.82. The monoisotopic (exact) mass is 495 g/mol. The van der Waals surface area contributed by atoms with Gasteiger partial charge in [-0.05, 0) is 73.8 Å². The molecule has 0 spiro atoms. The van der Waals surface area contributed by atoms with Crippen molar-refractivity contribution in [1.82, 2.24) is 25.3 Å². The highest BCUT2D eigenvalue weighted by atomic mass is 15.2. The minimum absolute atomic E-state index is 0.129. The van der Waals surface area contributed by atoms with Crippen LogP contribution < -0.4 is 15.5 Å². The number of allylic oxidation sites excluding steroid dienone is 4. The Kier molecular flexibility index (Phi) is 6.41. The summed E-state index contributed by atoms with van der Waals surface area (Å²) in [5, 5.41) is 8.23. The van der Waals surface area contributed by atoms with Gasteiger partial charge in [0.05, 0.1) is 11.7 Å². The fourth-order valence-electron chi connectivity index (χ4n) is 6.03. The average Bonchev–Trinajstić information content (AvgIpc) is 2.87. The lowest BCUT2D eigenvalue weighted by Gasteiger charge is -2.45. The third-order valence-corrected chi connectivity index (χ3v) is 8.36.